The van der Waals surface area contributed by atoms with Gasteiger partial charge in [-0.1, -0.05) is 30.1 Å². The van der Waals surface area contributed by atoms with Crippen molar-refractivity contribution < 1.29 is 19.8 Å². The Morgan fingerprint density at radius 2 is 1.74 bits per heavy atom. The lowest BCUT2D eigenvalue weighted by atomic mass is 10.1. The molecule has 0 heterocycles. The highest BCUT2D eigenvalue weighted by atomic mass is 35.5. The van der Waals surface area contributed by atoms with E-state index in [9.17, 15) is 9.59 Å². The minimum absolute atomic E-state index is 0.0539. The highest BCUT2D eigenvalue weighted by Crippen LogP contribution is 2.26. The van der Waals surface area contributed by atoms with Crippen LogP contribution < -0.4 is 4.90 Å². The molecule has 0 aromatic heterocycles. The molecule has 0 saturated carbocycles. The van der Waals surface area contributed by atoms with Crippen LogP contribution in [0.1, 0.15) is 6.92 Å². The van der Waals surface area contributed by atoms with Gasteiger partial charge in [-0.25, -0.2) is 0 Å². The van der Waals surface area contributed by atoms with Crippen LogP contribution in [0, 0.1) is 5.92 Å². The topological polar surface area (TPSA) is 77.8 Å². The van der Waals surface area contributed by atoms with Crippen molar-refractivity contribution in [2.24, 2.45) is 5.92 Å². The first-order valence-corrected chi connectivity index (χ1v) is 6.21. The zero-order valence-electron chi connectivity index (χ0n) is 10.1. The summed E-state index contributed by atoms with van der Waals surface area (Å²) < 4.78 is 0. The molecule has 19 heavy (non-hydrogen) atoms. The van der Waals surface area contributed by atoms with E-state index in [1.54, 1.807) is 12.1 Å². The molecule has 7 heteroatoms. The summed E-state index contributed by atoms with van der Waals surface area (Å²) in [5, 5.41) is 18.5. The van der Waals surface area contributed by atoms with Crippen LogP contribution in [0.2, 0.25) is 10.0 Å². The Kier molecular flexibility index (Phi) is 5.44. The molecule has 0 radical (unpaired) electrons. The number of carboxylic acids is 2. The van der Waals surface area contributed by atoms with Gasteiger partial charge in [0.2, 0.25) is 0 Å². The Bertz CT molecular complexity index is 472. The van der Waals surface area contributed by atoms with Crippen molar-refractivity contribution in [1.29, 1.82) is 0 Å². The van der Waals surface area contributed by atoms with Crippen LogP contribution in [-0.2, 0) is 9.59 Å². The van der Waals surface area contributed by atoms with Crippen LogP contribution in [0.3, 0.4) is 0 Å². The smallest absolute Gasteiger partial charge is 0.323 e. The number of carboxylic acid groups (broad SMARTS) is 2. The second-order valence-electron chi connectivity index (χ2n) is 4.14. The molecule has 0 aliphatic heterocycles. The largest absolute Gasteiger partial charge is 0.481 e. The number of hydrogen-bond acceptors (Lipinski definition) is 3. The van der Waals surface area contributed by atoms with Gasteiger partial charge < -0.3 is 15.1 Å². The zero-order valence-corrected chi connectivity index (χ0v) is 11.6. The number of benzene rings is 1. The van der Waals surface area contributed by atoms with Crippen LogP contribution >= 0.6 is 23.2 Å². The first-order chi connectivity index (χ1) is 8.79. The number of rotatable bonds is 6. The first-order valence-electron chi connectivity index (χ1n) is 5.45. The van der Waals surface area contributed by atoms with Gasteiger partial charge in [-0.05, 0) is 18.2 Å². The third-order valence-corrected chi connectivity index (χ3v) is 2.89. The molecule has 0 bridgehead atoms. The highest BCUT2D eigenvalue weighted by Gasteiger charge is 2.19. The van der Waals surface area contributed by atoms with E-state index in [0.29, 0.717) is 15.7 Å². The zero-order chi connectivity index (χ0) is 14.6. The quantitative estimate of drug-likeness (QED) is 0.844. The average Bonchev–Trinajstić information content (AvgIpc) is 2.25. The predicted molar refractivity (Wildman–Crippen MR) is 73.1 cm³/mol. The van der Waals surface area contributed by atoms with Crippen molar-refractivity contribution in [3.8, 4) is 0 Å². The molecule has 1 atom stereocenters. The van der Waals surface area contributed by atoms with E-state index in [1.165, 1.54) is 17.9 Å². The van der Waals surface area contributed by atoms with Crippen molar-refractivity contribution >= 4 is 40.8 Å². The molecular weight excluding hydrogens is 293 g/mol. The average molecular weight is 306 g/mol. The molecule has 1 aromatic carbocycles. The molecule has 104 valence electrons. The SMILES string of the molecule is CC(CN(CC(=O)O)c1cc(Cl)cc(Cl)c1)C(=O)O. The third kappa shape index (κ3) is 4.96. The van der Waals surface area contributed by atoms with E-state index < -0.39 is 17.9 Å². The summed E-state index contributed by atoms with van der Waals surface area (Å²) in [5.74, 6) is -2.77. The number of anilines is 1. The Morgan fingerprint density at radius 1 is 1.21 bits per heavy atom. The van der Waals surface area contributed by atoms with Crippen molar-refractivity contribution in [2.45, 2.75) is 6.92 Å². The fraction of sp³-hybridized carbons (Fsp3) is 0.333. The van der Waals surface area contributed by atoms with E-state index in [0.717, 1.165) is 0 Å². The van der Waals surface area contributed by atoms with E-state index in [4.69, 9.17) is 33.4 Å². The molecule has 1 aromatic rings. The van der Waals surface area contributed by atoms with Crippen LogP contribution in [-0.4, -0.2) is 35.2 Å². The number of halogens is 2. The first kappa shape index (κ1) is 15.6. The molecule has 0 saturated heterocycles. The summed E-state index contributed by atoms with van der Waals surface area (Å²) in [4.78, 5) is 23.1. The Labute approximate surface area is 120 Å². The minimum Gasteiger partial charge on any atom is -0.481 e. The van der Waals surface area contributed by atoms with Crippen LogP contribution in [0.5, 0.6) is 0 Å². The summed E-state index contributed by atoms with van der Waals surface area (Å²) in [6.07, 6.45) is 0. The van der Waals surface area contributed by atoms with Gasteiger partial charge >= 0.3 is 11.9 Å². The maximum absolute atomic E-state index is 10.9. The molecule has 0 amide bonds. The Morgan fingerprint density at radius 3 is 2.16 bits per heavy atom. The normalized spacial score (nSPS) is 11.9. The van der Waals surface area contributed by atoms with Gasteiger partial charge in [0.15, 0.2) is 0 Å². The molecule has 2 N–H and O–H groups in total. The summed E-state index contributed by atoms with van der Waals surface area (Å²) >= 11 is 11.7. The van der Waals surface area contributed by atoms with Crippen molar-refractivity contribution in [1.82, 2.24) is 0 Å². The van der Waals surface area contributed by atoms with Crippen LogP contribution in [0.25, 0.3) is 0 Å². The van der Waals surface area contributed by atoms with E-state index in [-0.39, 0.29) is 13.1 Å². The van der Waals surface area contributed by atoms with Gasteiger partial charge in [-0.3, -0.25) is 9.59 Å². The summed E-state index contributed by atoms with van der Waals surface area (Å²) in [6.45, 7) is 1.23. The summed E-state index contributed by atoms with van der Waals surface area (Å²) in [5.41, 5.74) is 0.480. The maximum atomic E-state index is 10.9. The van der Waals surface area contributed by atoms with Crippen LogP contribution in [0.15, 0.2) is 18.2 Å². The lowest BCUT2D eigenvalue weighted by Gasteiger charge is -2.25. The van der Waals surface area contributed by atoms with Gasteiger partial charge in [0.05, 0.1) is 5.92 Å². The maximum Gasteiger partial charge on any atom is 0.323 e. The van der Waals surface area contributed by atoms with Gasteiger partial charge in [-0.2, -0.15) is 0 Å². The van der Waals surface area contributed by atoms with Gasteiger partial charge in [0.1, 0.15) is 6.54 Å². The Hall–Kier alpha value is -1.46. The van der Waals surface area contributed by atoms with Crippen molar-refractivity contribution in [2.75, 3.05) is 18.0 Å². The predicted octanol–water partition coefficient (Wildman–Crippen LogP) is 2.61. The summed E-state index contributed by atoms with van der Waals surface area (Å²) in [7, 11) is 0. The Balaban J connectivity index is 3.01. The molecule has 1 rings (SSSR count). The molecule has 0 spiro atoms. The highest BCUT2D eigenvalue weighted by molar-refractivity contribution is 6.35. The van der Waals surface area contributed by atoms with Crippen molar-refractivity contribution in [3.05, 3.63) is 28.2 Å². The van der Waals surface area contributed by atoms with E-state index in [2.05, 4.69) is 0 Å². The van der Waals surface area contributed by atoms with Gasteiger partial charge in [0, 0.05) is 22.3 Å². The number of nitrogens with zero attached hydrogens (tertiary/aromatic N) is 1. The number of aliphatic carboxylic acids is 2. The van der Waals surface area contributed by atoms with Crippen LogP contribution in [0.4, 0.5) is 5.69 Å². The monoisotopic (exact) mass is 305 g/mol. The second kappa shape index (κ2) is 6.63. The standard InChI is InChI=1S/C12H13Cl2NO4/c1-7(12(18)19)5-15(6-11(16)17)10-3-8(13)2-9(14)4-10/h2-4,7H,5-6H2,1H3,(H,16,17)(H,18,19). The lowest BCUT2D eigenvalue weighted by Crippen LogP contribution is -2.35. The molecule has 5 nitrogen and oxygen atoms in total. The molecule has 0 aliphatic rings. The fourth-order valence-corrected chi connectivity index (χ4v) is 2.07. The summed E-state index contributed by atoms with van der Waals surface area (Å²) in [6, 6.07) is 4.61. The number of hydrogen-bond donors (Lipinski definition) is 2. The molecule has 1 unspecified atom stereocenters. The molecule has 0 fully saturated rings. The van der Waals surface area contributed by atoms with Gasteiger partial charge in [-0.15, -0.1) is 0 Å². The second-order valence-corrected chi connectivity index (χ2v) is 5.01. The van der Waals surface area contributed by atoms with E-state index in [1.807, 2.05) is 0 Å². The number of carbonyl (C=O) groups is 2. The van der Waals surface area contributed by atoms with Crippen molar-refractivity contribution in [3.63, 3.8) is 0 Å². The minimum atomic E-state index is -1.06. The molecule has 0 aliphatic carbocycles. The van der Waals surface area contributed by atoms with Gasteiger partial charge in [0.25, 0.3) is 0 Å². The lowest BCUT2D eigenvalue weighted by molar-refractivity contribution is -0.141. The van der Waals surface area contributed by atoms with E-state index >= 15 is 0 Å². The molecular formula is C12H13Cl2NO4. The fourth-order valence-electron chi connectivity index (χ4n) is 1.56. The third-order valence-electron chi connectivity index (χ3n) is 2.45.